The maximum atomic E-state index is 12.8. The second-order valence-electron chi connectivity index (χ2n) is 6.54. The normalized spacial score (nSPS) is 12.7. The van der Waals surface area contributed by atoms with Crippen molar-refractivity contribution in [1.29, 1.82) is 0 Å². The first-order valence-corrected chi connectivity index (χ1v) is 8.89. The number of ether oxygens (including phenoxy) is 2. The van der Waals surface area contributed by atoms with Crippen LogP contribution in [-0.2, 0) is 22.4 Å². The third kappa shape index (κ3) is 5.05. The van der Waals surface area contributed by atoms with Gasteiger partial charge in [-0.15, -0.1) is 13.2 Å². The molecule has 158 valence electrons. The van der Waals surface area contributed by atoms with Gasteiger partial charge in [0.15, 0.2) is 6.29 Å². The summed E-state index contributed by atoms with van der Waals surface area (Å²) in [7, 11) is 1.19. The van der Waals surface area contributed by atoms with Crippen molar-refractivity contribution >= 4 is 16.9 Å². The standard InChI is InChI=1S/C21H18F3NO5/c1-29-20(28)16-11-15-4-2-3-5-17(15)25(19(16)27)12-14-8-6-13(7-9-14)10-18(26)30-21(22,23)24/h2-9,11,18,26H,10,12H2,1H3. The molecule has 1 atom stereocenters. The number of hydrogen-bond donors (Lipinski definition) is 1. The molecule has 0 aliphatic rings. The summed E-state index contributed by atoms with van der Waals surface area (Å²) < 4.78 is 46.1. The van der Waals surface area contributed by atoms with Gasteiger partial charge in [0.1, 0.15) is 5.56 Å². The highest BCUT2D eigenvalue weighted by molar-refractivity contribution is 5.93. The zero-order chi connectivity index (χ0) is 21.9. The summed E-state index contributed by atoms with van der Waals surface area (Å²) >= 11 is 0. The molecule has 1 unspecified atom stereocenters. The van der Waals surface area contributed by atoms with Crippen molar-refractivity contribution in [3.8, 4) is 0 Å². The van der Waals surface area contributed by atoms with E-state index >= 15 is 0 Å². The summed E-state index contributed by atoms with van der Waals surface area (Å²) in [5, 5.41) is 10.1. The molecule has 1 N–H and O–H groups in total. The molecule has 0 saturated carbocycles. The third-order valence-electron chi connectivity index (χ3n) is 4.45. The summed E-state index contributed by atoms with van der Waals surface area (Å²) in [4.78, 5) is 24.8. The monoisotopic (exact) mass is 421 g/mol. The first-order valence-electron chi connectivity index (χ1n) is 8.89. The van der Waals surface area contributed by atoms with Crippen LogP contribution in [0.3, 0.4) is 0 Å². The molecular weight excluding hydrogens is 403 g/mol. The van der Waals surface area contributed by atoms with E-state index in [9.17, 15) is 27.9 Å². The van der Waals surface area contributed by atoms with Gasteiger partial charge in [-0.3, -0.25) is 9.53 Å². The molecule has 3 aromatic rings. The Morgan fingerprint density at radius 3 is 2.37 bits per heavy atom. The number of methoxy groups -OCH3 is 1. The summed E-state index contributed by atoms with van der Waals surface area (Å²) in [5.41, 5.74) is 1.11. The largest absolute Gasteiger partial charge is 0.524 e. The van der Waals surface area contributed by atoms with Gasteiger partial charge in [0, 0.05) is 6.42 Å². The number of carbonyl (C=O) groups is 1. The summed E-state index contributed by atoms with van der Waals surface area (Å²) in [6.45, 7) is 0.131. The molecule has 9 heteroatoms. The molecule has 0 fully saturated rings. The average molecular weight is 421 g/mol. The zero-order valence-electron chi connectivity index (χ0n) is 15.8. The molecule has 1 aromatic heterocycles. The number of para-hydroxylation sites is 1. The number of halogens is 3. The van der Waals surface area contributed by atoms with Crippen molar-refractivity contribution in [2.45, 2.75) is 25.6 Å². The lowest BCUT2D eigenvalue weighted by molar-refractivity contribution is -0.371. The summed E-state index contributed by atoms with van der Waals surface area (Å²) in [5.74, 6) is -0.742. The number of pyridine rings is 1. The van der Waals surface area contributed by atoms with Gasteiger partial charge in [-0.1, -0.05) is 42.5 Å². The minimum atomic E-state index is -4.92. The van der Waals surface area contributed by atoms with Crippen molar-refractivity contribution in [2.75, 3.05) is 7.11 Å². The van der Waals surface area contributed by atoms with Crippen molar-refractivity contribution in [3.05, 3.63) is 81.6 Å². The summed E-state index contributed by atoms with van der Waals surface area (Å²) in [6.07, 6.45) is -7.29. The number of aliphatic hydroxyl groups is 1. The van der Waals surface area contributed by atoms with Gasteiger partial charge in [-0.25, -0.2) is 4.79 Å². The maximum Gasteiger partial charge on any atom is 0.524 e. The number of aromatic nitrogens is 1. The van der Waals surface area contributed by atoms with Crippen LogP contribution in [0.25, 0.3) is 10.9 Å². The smallest absolute Gasteiger partial charge is 0.465 e. The third-order valence-corrected chi connectivity index (χ3v) is 4.45. The Balaban J connectivity index is 1.88. The molecule has 30 heavy (non-hydrogen) atoms. The van der Waals surface area contributed by atoms with Crippen molar-refractivity contribution in [1.82, 2.24) is 4.57 Å². The Hall–Kier alpha value is -3.17. The number of aliphatic hydroxyl groups excluding tert-OH is 1. The Morgan fingerprint density at radius 1 is 1.10 bits per heavy atom. The minimum Gasteiger partial charge on any atom is -0.465 e. The van der Waals surface area contributed by atoms with Crippen LogP contribution in [0, 0.1) is 0 Å². The lowest BCUT2D eigenvalue weighted by atomic mass is 10.1. The van der Waals surface area contributed by atoms with Crippen LogP contribution in [0.15, 0.2) is 59.4 Å². The van der Waals surface area contributed by atoms with E-state index in [0.717, 1.165) is 0 Å². The molecule has 6 nitrogen and oxygen atoms in total. The molecule has 2 aromatic carbocycles. The van der Waals surface area contributed by atoms with Crippen LogP contribution in [0.2, 0.25) is 0 Å². The van der Waals surface area contributed by atoms with Crippen LogP contribution in [-0.4, -0.2) is 35.4 Å². The number of esters is 1. The fraction of sp³-hybridized carbons (Fsp3) is 0.238. The van der Waals surface area contributed by atoms with E-state index in [2.05, 4.69) is 4.74 Å². The number of alkyl halides is 3. The number of rotatable bonds is 6. The predicted molar refractivity (Wildman–Crippen MR) is 102 cm³/mol. The summed E-state index contributed by atoms with van der Waals surface area (Å²) in [6, 6.07) is 14.9. The molecule has 3 rings (SSSR count). The molecule has 0 aliphatic carbocycles. The van der Waals surface area contributed by atoms with E-state index in [1.165, 1.54) is 29.9 Å². The molecular formula is C21H18F3NO5. The Bertz CT molecular complexity index is 1110. The molecule has 0 saturated heterocycles. The molecule has 0 radical (unpaired) electrons. The fourth-order valence-electron chi connectivity index (χ4n) is 3.10. The first-order chi connectivity index (χ1) is 14.2. The Kier molecular flexibility index (Phi) is 6.23. The number of nitrogens with zero attached hydrogens (tertiary/aromatic N) is 1. The van der Waals surface area contributed by atoms with E-state index < -0.39 is 24.2 Å². The van der Waals surface area contributed by atoms with Crippen molar-refractivity contribution in [2.24, 2.45) is 0 Å². The van der Waals surface area contributed by atoms with Gasteiger partial charge in [0.2, 0.25) is 0 Å². The van der Waals surface area contributed by atoms with Crippen LogP contribution >= 0.6 is 0 Å². The highest BCUT2D eigenvalue weighted by Crippen LogP contribution is 2.20. The van der Waals surface area contributed by atoms with Gasteiger partial charge in [0.25, 0.3) is 5.56 Å². The quantitative estimate of drug-likeness (QED) is 0.489. The second kappa shape index (κ2) is 8.68. The van der Waals surface area contributed by atoms with E-state index in [0.29, 0.717) is 22.0 Å². The van der Waals surface area contributed by atoms with Gasteiger partial charge >= 0.3 is 12.3 Å². The van der Waals surface area contributed by atoms with Gasteiger partial charge < -0.3 is 14.4 Å². The van der Waals surface area contributed by atoms with Crippen LogP contribution in [0.5, 0.6) is 0 Å². The Labute approximate surface area is 169 Å². The highest BCUT2D eigenvalue weighted by atomic mass is 19.4. The van der Waals surface area contributed by atoms with Crippen molar-refractivity contribution < 1.29 is 32.5 Å². The van der Waals surface area contributed by atoms with E-state index in [1.54, 1.807) is 36.4 Å². The highest BCUT2D eigenvalue weighted by Gasteiger charge is 2.32. The number of benzene rings is 2. The molecule has 1 heterocycles. The maximum absolute atomic E-state index is 12.8. The van der Waals surface area contributed by atoms with Crippen LogP contribution in [0.1, 0.15) is 21.5 Å². The Morgan fingerprint density at radius 2 is 1.73 bits per heavy atom. The average Bonchev–Trinajstić information content (AvgIpc) is 2.69. The van der Waals surface area contributed by atoms with Crippen LogP contribution in [0.4, 0.5) is 13.2 Å². The van der Waals surface area contributed by atoms with Crippen LogP contribution < -0.4 is 5.56 Å². The van der Waals surface area contributed by atoms with Gasteiger partial charge in [-0.05, 0) is 28.6 Å². The number of fused-ring (bicyclic) bond motifs is 1. The fourth-order valence-corrected chi connectivity index (χ4v) is 3.10. The zero-order valence-corrected chi connectivity index (χ0v) is 15.8. The number of hydrogen-bond acceptors (Lipinski definition) is 5. The lowest BCUT2D eigenvalue weighted by Gasteiger charge is -2.15. The molecule has 0 spiro atoms. The lowest BCUT2D eigenvalue weighted by Crippen LogP contribution is -2.27. The second-order valence-corrected chi connectivity index (χ2v) is 6.54. The molecule has 0 aliphatic heterocycles. The first kappa shape index (κ1) is 21.5. The minimum absolute atomic E-state index is 0.0970. The van der Waals surface area contributed by atoms with Gasteiger partial charge in [0.05, 0.1) is 19.2 Å². The predicted octanol–water partition coefficient (Wildman–Crippen LogP) is 3.23. The van der Waals surface area contributed by atoms with Crippen molar-refractivity contribution in [3.63, 3.8) is 0 Å². The SMILES string of the molecule is COC(=O)c1cc2ccccc2n(Cc2ccc(CC(O)OC(F)(F)F)cc2)c1=O. The number of carbonyl (C=O) groups excluding carboxylic acids is 1. The topological polar surface area (TPSA) is 77.8 Å². The molecule has 0 amide bonds. The van der Waals surface area contributed by atoms with E-state index in [1.807, 2.05) is 0 Å². The van der Waals surface area contributed by atoms with E-state index in [4.69, 9.17) is 4.74 Å². The van der Waals surface area contributed by atoms with Gasteiger partial charge in [-0.2, -0.15) is 0 Å². The van der Waals surface area contributed by atoms with E-state index in [-0.39, 0.29) is 18.5 Å². The molecule has 0 bridgehead atoms.